The minimum absolute atomic E-state index is 0.920. The minimum Gasteiger partial charge on any atom is -0.335 e. The van der Waals surface area contributed by atoms with Gasteiger partial charge in [-0.3, -0.25) is 4.99 Å². The van der Waals surface area contributed by atoms with Crippen molar-refractivity contribution in [3.05, 3.63) is 65.6 Å². The predicted molar refractivity (Wildman–Crippen MR) is 102 cm³/mol. The molecule has 3 heterocycles. The molecule has 2 aromatic heterocycles. The van der Waals surface area contributed by atoms with Crippen LogP contribution in [0.4, 0.5) is 5.69 Å². The van der Waals surface area contributed by atoms with Crippen molar-refractivity contribution in [1.29, 1.82) is 0 Å². The van der Waals surface area contributed by atoms with E-state index in [0.29, 0.717) is 0 Å². The lowest BCUT2D eigenvalue weighted by molar-refractivity contribution is 0.927. The van der Waals surface area contributed by atoms with Gasteiger partial charge in [0.05, 0.1) is 12.2 Å². The lowest BCUT2D eigenvalue weighted by Gasteiger charge is -2.06. The molecule has 0 aliphatic carbocycles. The quantitative estimate of drug-likeness (QED) is 0.784. The summed E-state index contributed by atoms with van der Waals surface area (Å²) in [6.07, 6.45) is 6.14. The first-order valence-corrected chi connectivity index (χ1v) is 9.23. The van der Waals surface area contributed by atoms with Crippen molar-refractivity contribution in [2.45, 2.75) is 19.8 Å². The Kier molecular flexibility index (Phi) is 4.26. The van der Waals surface area contributed by atoms with E-state index < -0.39 is 0 Å². The average molecular weight is 336 g/mol. The first kappa shape index (κ1) is 15.3. The molecule has 5 heteroatoms. The Hall–Kier alpha value is -2.27. The molecular weight excluding hydrogens is 316 g/mol. The molecule has 0 saturated carbocycles. The van der Waals surface area contributed by atoms with E-state index in [2.05, 4.69) is 70.4 Å². The summed E-state index contributed by atoms with van der Waals surface area (Å²) in [6.45, 7) is 3.02. The van der Waals surface area contributed by atoms with Crippen LogP contribution in [-0.2, 0) is 12.8 Å². The molecule has 24 heavy (non-hydrogen) atoms. The fraction of sp³-hybridized carbons (Fsp3) is 0.263. The fourth-order valence-corrected chi connectivity index (χ4v) is 3.63. The summed E-state index contributed by atoms with van der Waals surface area (Å²) in [5, 5.41) is 4.39. The van der Waals surface area contributed by atoms with E-state index in [1.165, 1.54) is 11.1 Å². The highest BCUT2D eigenvalue weighted by Crippen LogP contribution is 2.17. The van der Waals surface area contributed by atoms with Crippen LogP contribution in [0.5, 0.6) is 0 Å². The summed E-state index contributed by atoms with van der Waals surface area (Å²) in [6, 6.07) is 12.8. The highest BCUT2D eigenvalue weighted by atomic mass is 32.2. The molecule has 3 aromatic rings. The van der Waals surface area contributed by atoms with Crippen LogP contribution in [0.2, 0.25) is 0 Å². The minimum atomic E-state index is 0.920. The number of hydrogen-bond donors (Lipinski definition) is 1. The van der Waals surface area contributed by atoms with Gasteiger partial charge in [-0.2, -0.15) is 0 Å². The third kappa shape index (κ3) is 3.31. The molecule has 0 radical (unpaired) electrons. The van der Waals surface area contributed by atoms with Crippen molar-refractivity contribution in [2.24, 2.45) is 4.99 Å². The Labute approximate surface area is 146 Å². The second-order valence-corrected chi connectivity index (χ2v) is 7.10. The second kappa shape index (κ2) is 6.69. The molecule has 4 rings (SSSR count). The maximum Gasteiger partial charge on any atom is 0.161 e. The third-order valence-corrected chi connectivity index (χ3v) is 5.08. The Morgan fingerprint density at radius 3 is 2.79 bits per heavy atom. The summed E-state index contributed by atoms with van der Waals surface area (Å²) in [5.41, 5.74) is 5.85. The van der Waals surface area contributed by atoms with Gasteiger partial charge in [-0.15, -0.1) is 0 Å². The van der Waals surface area contributed by atoms with Crippen LogP contribution in [0.3, 0.4) is 0 Å². The maximum absolute atomic E-state index is 4.75. The number of imidazole rings is 1. The van der Waals surface area contributed by atoms with Crippen LogP contribution in [0.15, 0.2) is 53.8 Å². The summed E-state index contributed by atoms with van der Waals surface area (Å²) in [5.74, 6) is 1.08. The highest BCUT2D eigenvalue weighted by molar-refractivity contribution is 8.14. The van der Waals surface area contributed by atoms with Crippen LogP contribution < -0.4 is 5.32 Å². The first-order valence-electron chi connectivity index (χ1n) is 8.24. The summed E-state index contributed by atoms with van der Waals surface area (Å²) in [4.78, 5) is 9.16. The number of hydrogen-bond acceptors (Lipinski definition) is 4. The Morgan fingerprint density at radius 2 is 2.04 bits per heavy atom. The van der Waals surface area contributed by atoms with Crippen molar-refractivity contribution in [3.63, 3.8) is 0 Å². The van der Waals surface area contributed by atoms with Crippen LogP contribution in [0, 0.1) is 6.92 Å². The van der Waals surface area contributed by atoms with Crippen molar-refractivity contribution in [1.82, 2.24) is 9.38 Å². The molecule has 1 aliphatic rings. The number of pyridine rings is 1. The molecule has 1 N–H and O–H groups in total. The van der Waals surface area contributed by atoms with Gasteiger partial charge in [0.25, 0.3) is 0 Å². The summed E-state index contributed by atoms with van der Waals surface area (Å²) >= 11 is 1.78. The highest BCUT2D eigenvalue weighted by Gasteiger charge is 2.07. The number of fused-ring (bicyclic) bond motifs is 1. The average Bonchev–Trinajstić information content (AvgIpc) is 3.24. The molecule has 0 saturated heterocycles. The molecule has 0 atom stereocenters. The number of amidine groups is 1. The zero-order chi connectivity index (χ0) is 16.4. The van der Waals surface area contributed by atoms with Gasteiger partial charge in [0.2, 0.25) is 0 Å². The lowest BCUT2D eigenvalue weighted by atomic mass is 10.1. The first-order chi connectivity index (χ1) is 11.8. The van der Waals surface area contributed by atoms with Crippen LogP contribution in [0.25, 0.3) is 5.65 Å². The molecule has 0 amide bonds. The van der Waals surface area contributed by atoms with Gasteiger partial charge in [-0.1, -0.05) is 30.0 Å². The van der Waals surface area contributed by atoms with Gasteiger partial charge in [-0.05, 0) is 49.1 Å². The molecule has 0 fully saturated rings. The van der Waals surface area contributed by atoms with Crippen LogP contribution in [0.1, 0.15) is 16.8 Å². The van der Waals surface area contributed by atoms with Crippen molar-refractivity contribution in [3.8, 4) is 0 Å². The number of nitrogens with zero attached hydrogens (tertiary/aromatic N) is 3. The number of aromatic nitrogens is 2. The molecule has 0 spiro atoms. The lowest BCUT2D eigenvalue weighted by Crippen LogP contribution is -2.04. The Morgan fingerprint density at radius 1 is 1.17 bits per heavy atom. The van der Waals surface area contributed by atoms with E-state index in [1.54, 1.807) is 11.8 Å². The number of aryl methyl sites for hydroxylation is 3. The van der Waals surface area contributed by atoms with E-state index in [9.17, 15) is 0 Å². The smallest absolute Gasteiger partial charge is 0.161 e. The molecular formula is C19H20N4S. The SMILES string of the molecule is Cc1cccn2cc(CCc3ccc(NC4=NCCS4)cc3)nc12. The van der Waals surface area contributed by atoms with Gasteiger partial charge in [-0.25, -0.2) is 4.98 Å². The number of nitrogens with one attached hydrogen (secondary N) is 1. The molecule has 1 aromatic carbocycles. The van der Waals surface area contributed by atoms with Gasteiger partial charge >= 0.3 is 0 Å². The third-order valence-electron chi connectivity index (χ3n) is 4.19. The number of thioether (sulfide) groups is 1. The van der Waals surface area contributed by atoms with Crippen LogP contribution >= 0.6 is 11.8 Å². The second-order valence-electron chi connectivity index (χ2n) is 6.01. The zero-order valence-electron chi connectivity index (χ0n) is 13.7. The zero-order valence-corrected chi connectivity index (χ0v) is 14.5. The summed E-state index contributed by atoms with van der Waals surface area (Å²) < 4.78 is 2.11. The molecule has 0 bridgehead atoms. The maximum atomic E-state index is 4.75. The fourth-order valence-electron chi connectivity index (χ4n) is 2.89. The van der Waals surface area contributed by atoms with E-state index in [0.717, 1.165) is 47.3 Å². The van der Waals surface area contributed by atoms with Gasteiger partial charge in [0.1, 0.15) is 5.65 Å². The van der Waals surface area contributed by atoms with E-state index in [4.69, 9.17) is 4.98 Å². The van der Waals surface area contributed by atoms with E-state index in [-0.39, 0.29) is 0 Å². The molecule has 0 unspecified atom stereocenters. The molecule has 4 nitrogen and oxygen atoms in total. The van der Waals surface area contributed by atoms with Gasteiger partial charge < -0.3 is 9.72 Å². The Balaban J connectivity index is 1.40. The largest absolute Gasteiger partial charge is 0.335 e. The predicted octanol–water partition coefficient (Wildman–Crippen LogP) is 3.94. The van der Waals surface area contributed by atoms with Gasteiger partial charge in [0.15, 0.2) is 5.17 Å². The monoisotopic (exact) mass is 336 g/mol. The Bertz CT molecular complexity index is 880. The number of aliphatic imine (C=N–C) groups is 1. The van der Waals surface area contributed by atoms with E-state index >= 15 is 0 Å². The summed E-state index contributed by atoms with van der Waals surface area (Å²) in [7, 11) is 0. The molecule has 1 aliphatic heterocycles. The normalized spacial score (nSPS) is 14.1. The number of anilines is 1. The standard InChI is InChI=1S/C19H20N4S/c1-14-3-2-11-23-13-17(21-18(14)23)9-6-15-4-7-16(8-5-15)22-19-20-10-12-24-19/h2-5,7-8,11,13H,6,9-10,12H2,1H3,(H,20,22). The van der Waals surface area contributed by atoms with Crippen molar-refractivity contribution >= 4 is 28.3 Å². The molecule has 122 valence electrons. The van der Waals surface area contributed by atoms with Crippen molar-refractivity contribution < 1.29 is 0 Å². The van der Waals surface area contributed by atoms with E-state index in [1.807, 2.05) is 0 Å². The number of benzene rings is 1. The van der Waals surface area contributed by atoms with Crippen molar-refractivity contribution in [2.75, 3.05) is 17.6 Å². The van der Waals surface area contributed by atoms with Gasteiger partial charge in [0, 0.05) is 23.8 Å². The number of rotatable bonds is 4. The topological polar surface area (TPSA) is 41.7 Å². The van der Waals surface area contributed by atoms with Crippen LogP contribution in [-0.4, -0.2) is 26.8 Å².